The number of carbonyl (C=O) groups excluding carboxylic acids is 1. The van der Waals surface area contributed by atoms with Crippen molar-refractivity contribution in [3.05, 3.63) is 65.2 Å². The summed E-state index contributed by atoms with van der Waals surface area (Å²) < 4.78 is 44.1. The zero-order valence-corrected chi connectivity index (χ0v) is 17.3. The van der Waals surface area contributed by atoms with Crippen LogP contribution in [0.3, 0.4) is 0 Å². The van der Waals surface area contributed by atoms with Crippen molar-refractivity contribution in [2.24, 2.45) is 0 Å². The standard InChI is InChI=1S/C23H26F3N3O/c1-3-5-6-13-28(23(30)17-14-16(24)10-11-18(17)25)15-21-27-22-19(26)8-7-9-20(22)29(21)12-4-2/h7-11,14H,3-6,12-13,15H2,1-2H3. The molecule has 0 aliphatic heterocycles. The van der Waals surface area contributed by atoms with E-state index < -0.39 is 23.4 Å². The second kappa shape index (κ2) is 9.78. The van der Waals surface area contributed by atoms with Crippen LogP contribution in [0.25, 0.3) is 11.0 Å². The molecule has 0 spiro atoms. The predicted octanol–water partition coefficient (Wildman–Crippen LogP) is 5.70. The summed E-state index contributed by atoms with van der Waals surface area (Å²) in [4.78, 5) is 19.0. The van der Waals surface area contributed by atoms with Gasteiger partial charge in [-0.25, -0.2) is 18.2 Å². The number of amides is 1. The second-order valence-corrected chi connectivity index (χ2v) is 7.35. The van der Waals surface area contributed by atoms with Crippen molar-refractivity contribution >= 4 is 16.9 Å². The van der Waals surface area contributed by atoms with Crippen LogP contribution < -0.4 is 0 Å². The Morgan fingerprint density at radius 3 is 2.57 bits per heavy atom. The van der Waals surface area contributed by atoms with Gasteiger partial charge < -0.3 is 9.47 Å². The van der Waals surface area contributed by atoms with Crippen LogP contribution in [0.5, 0.6) is 0 Å². The first-order chi connectivity index (χ1) is 14.5. The Labute approximate surface area is 174 Å². The number of carbonyl (C=O) groups is 1. The molecule has 3 aromatic rings. The first kappa shape index (κ1) is 21.9. The molecule has 0 saturated heterocycles. The largest absolute Gasteiger partial charge is 0.331 e. The number of halogens is 3. The van der Waals surface area contributed by atoms with Crippen LogP contribution in [0.1, 0.15) is 55.7 Å². The maximum absolute atomic E-state index is 14.3. The third-order valence-electron chi connectivity index (χ3n) is 5.07. The summed E-state index contributed by atoms with van der Waals surface area (Å²) in [6.07, 6.45) is 3.38. The molecule has 160 valence electrons. The highest BCUT2D eigenvalue weighted by molar-refractivity contribution is 5.94. The zero-order valence-electron chi connectivity index (χ0n) is 17.3. The van der Waals surface area contributed by atoms with E-state index in [4.69, 9.17) is 0 Å². The Morgan fingerprint density at radius 2 is 1.83 bits per heavy atom. The van der Waals surface area contributed by atoms with Gasteiger partial charge >= 0.3 is 0 Å². The molecule has 0 bridgehead atoms. The number of rotatable bonds is 9. The van der Waals surface area contributed by atoms with E-state index in [2.05, 4.69) is 4.98 Å². The van der Waals surface area contributed by atoms with Crippen LogP contribution in [0.4, 0.5) is 13.2 Å². The minimum absolute atomic E-state index is 0.0899. The molecule has 3 rings (SSSR count). The Bertz CT molecular complexity index is 1030. The third kappa shape index (κ3) is 4.66. The number of aryl methyl sites for hydroxylation is 1. The number of hydrogen-bond donors (Lipinski definition) is 0. The lowest BCUT2D eigenvalue weighted by Crippen LogP contribution is -2.33. The summed E-state index contributed by atoms with van der Waals surface area (Å²) in [6, 6.07) is 7.62. The van der Waals surface area contributed by atoms with Gasteiger partial charge in [0.25, 0.3) is 5.91 Å². The van der Waals surface area contributed by atoms with E-state index in [1.807, 2.05) is 18.4 Å². The summed E-state index contributed by atoms with van der Waals surface area (Å²) in [6.45, 7) is 5.12. The second-order valence-electron chi connectivity index (χ2n) is 7.35. The SMILES string of the molecule is CCCCCN(Cc1nc2c(F)cccc2n1CCC)C(=O)c1cc(F)ccc1F. The minimum atomic E-state index is -0.769. The van der Waals surface area contributed by atoms with E-state index in [9.17, 15) is 18.0 Å². The lowest BCUT2D eigenvalue weighted by Gasteiger charge is -2.23. The minimum Gasteiger partial charge on any atom is -0.331 e. The number of hydrogen-bond acceptors (Lipinski definition) is 2. The fourth-order valence-electron chi connectivity index (χ4n) is 3.56. The molecule has 4 nitrogen and oxygen atoms in total. The molecule has 1 amide bonds. The van der Waals surface area contributed by atoms with Crippen molar-refractivity contribution in [2.45, 2.75) is 52.6 Å². The van der Waals surface area contributed by atoms with E-state index >= 15 is 0 Å². The molecule has 1 heterocycles. The molecule has 30 heavy (non-hydrogen) atoms. The Hall–Kier alpha value is -2.83. The Morgan fingerprint density at radius 1 is 1.03 bits per heavy atom. The summed E-state index contributed by atoms with van der Waals surface area (Å²) in [5, 5.41) is 0. The van der Waals surface area contributed by atoms with Gasteiger partial charge in [0, 0.05) is 13.1 Å². The van der Waals surface area contributed by atoms with Crippen molar-refractivity contribution in [1.82, 2.24) is 14.5 Å². The number of benzene rings is 2. The van der Waals surface area contributed by atoms with Crippen LogP contribution in [-0.4, -0.2) is 26.9 Å². The zero-order chi connectivity index (χ0) is 21.7. The van der Waals surface area contributed by atoms with Gasteiger partial charge in [0.1, 0.15) is 23.0 Å². The maximum atomic E-state index is 14.3. The quantitative estimate of drug-likeness (QED) is 0.419. The van der Waals surface area contributed by atoms with E-state index in [0.29, 0.717) is 24.4 Å². The smallest absolute Gasteiger partial charge is 0.257 e. The van der Waals surface area contributed by atoms with Gasteiger partial charge in [0.15, 0.2) is 5.82 Å². The summed E-state index contributed by atoms with van der Waals surface area (Å²) in [5.74, 6) is -1.94. The lowest BCUT2D eigenvalue weighted by molar-refractivity contribution is 0.0728. The number of nitrogens with zero attached hydrogens (tertiary/aromatic N) is 3. The van der Waals surface area contributed by atoms with Crippen molar-refractivity contribution in [2.75, 3.05) is 6.54 Å². The van der Waals surface area contributed by atoms with Gasteiger partial charge in [-0.1, -0.05) is 32.8 Å². The van der Waals surface area contributed by atoms with Gasteiger partial charge in [-0.3, -0.25) is 4.79 Å². The molecule has 0 fully saturated rings. The van der Waals surface area contributed by atoms with Gasteiger partial charge in [-0.15, -0.1) is 0 Å². The molecule has 2 aromatic carbocycles. The first-order valence-corrected chi connectivity index (χ1v) is 10.3. The van der Waals surface area contributed by atoms with Gasteiger partial charge in [-0.05, 0) is 43.2 Å². The van der Waals surface area contributed by atoms with Gasteiger partial charge in [0.05, 0.1) is 17.6 Å². The number of para-hydroxylation sites is 1. The normalized spacial score (nSPS) is 11.2. The van der Waals surface area contributed by atoms with Crippen LogP contribution in [-0.2, 0) is 13.1 Å². The molecular formula is C23H26F3N3O. The number of fused-ring (bicyclic) bond motifs is 1. The highest BCUT2D eigenvalue weighted by atomic mass is 19.1. The average molecular weight is 417 g/mol. The van der Waals surface area contributed by atoms with Crippen molar-refractivity contribution < 1.29 is 18.0 Å². The molecule has 0 radical (unpaired) electrons. The highest BCUT2D eigenvalue weighted by Crippen LogP contribution is 2.22. The summed E-state index contributed by atoms with van der Waals surface area (Å²) >= 11 is 0. The third-order valence-corrected chi connectivity index (χ3v) is 5.07. The van der Waals surface area contributed by atoms with Gasteiger partial charge in [0.2, 0.25) is 0 Å². The molecule has 0 aliphatic carbocycles. The van der Waals surface area contributed by atoms with Crippen LogP contribution in [0.2, 0.25) is 0 Å². The van der Waals surface area contributed by atoms with E-state index in [1.54, 1.807) is 12.1 Å². The number of unbranched alkanes of at least 4 members (excludes halogenated alkanes) is 2. The monoisotopic (exact) mass is 417 g/mol. The fourth-order valence-corrected chi connectivity index (χ4v) is 3.56. The van der Waals surface area contributed by atoms with E-state index in [1.165, 1.54) is 11.0 Å². The maximum Gasteiger partial charge on any atom is 0.257 e. The molecular weight excluding hydrogens is 391 g/mol. The molecule has 0 aliphatic rings. The van der Waals surface area contributed by atoms with Crippen molar-refractivity contribution in [3.63, 3.8) is 0 Å². The lowest BCUT2D eigenvalue weighted by atomic mass is 10.1. The number of aromatic nitrogens is 2. The van der Waals surface area contributed by atoms with Crippen molar-refractivity contribution in [1.29, 1.82) is 0 Å². The van der Waals surface area contributed by atoms with Crippen LogP contribution in [0, 0.1) is 17.5 Å². The van der Waals surface area contributed by atoms with Crippen molar-refractivity contribution in [3.8, 4) is 0 Å². The van der Waals surface area contributed by atoms with E-state index in [-0.39, 0.29) is 17.6 Å². The molecule has 1 aromatic heterocycles. The van der Waals surface area contributed by atoms with Gasteiger partial charge in [-0.2, -0.15) is 0 Å². The topological polar surface area (TPSA) is 38.1 Å². The molecule has 0 atom stereocenters. The molecule has 0 unspecified atom stereocenters. The fraction of sp³-hybridized carbons (Fsp3) is 0.391. The number of imidazole rings is 1. The first-order valence-electron chi connectivity index (χ1n) is 10.3. The summed E-state index contributed by atoms with van der Waals surface area (Å²) in [5.41, 5.74) is 0.597. The predicted molar refractivity (Wildman–Crippen MR) is 111 cm³/mol. The van der Waals surface area contributed by atoms with Crippen LogP contribution in [0.15, 0.2) is 36.4 Å². The molecule has 0 N–H and O–H groups in total. The molecule has 0 saturated carbocycles. The van der Waals surface area contributed by atoms with Crippen LogP contribution >= 0.6 is 0 Å². The summed E-state index contributed by atoms with van der Waals surface area (Å²) in [7, 11) is 0. The average Bonchev–Trinajstić information content (AvgIpc) is 3.08. The van der Waals surface area contributed by atoms with E-state index in [0.717, 1.165) is 43.9 Å². The Balaban J connectivity index is 1.99. The highest BCUT2D eigenvalue weighted by Gasteiger charge is 2.23. The molecule has 7 heteroatoms. The Kier molecular flexibility index (Phi) is 7.13.